The van der Waals surface area contributed by atoms with E-state index in [4.69, 9.17) is 4.43 Å². The summed E-state index contributed by atoms with van der Waals surface area (Å²) in [5.41, 5.74) is 0.408. The van der Waals surface area contributed by atoms with Crippen molar-refractivity contribution in [3.8, 4) is 0 Å². The Balaban J connectivity index is 3.43. The van der Waals surface area contributed by atoms with E-state index in [-0.39, 0.29) is 21.5 Å². The first-order valence-electron chi connectivity index (χ1n) is 6.41. The summed E-state index contributed by atoms with van der Waals surface area (Å²) in [4.78, 5) is 0. The SMILES string of the molecule is CC1(C)O[Si](C)(C)C(C)(C)C(C)(C)C1(C)C. The standard InChI is InChI=1S/C14H30OSi/c1-11(2)12(3,4)14(7,8)16(9,10)15-13(11,5)6/h1-10H3. The average molecular weight is 242 g/mol. The highest BCUT2D eigenvalue weighted by atomic mass is 28.4. The summed E-state index contributed by atoms with van der Waals surface area (Å²) in [5, 5.41) is 0.277. The zero-order chi connectivity index (χ0) is 13.2. The molecule has 0 bridgehead atoms. The first-order chi connectivity index (χ1) is 6.71. The van der Waals surface area contributed by atoms with Crippen LogP contribution in [0.15, 0.2) is 0 Å². The Hall–Kier alpha value is 0.177. The summed E-state index contributed by atoms with van der Waals surface area (Å²) in [7, 11) is -1.68. The Labute approximate surface area is 103 Å². The van der Waals surface area contributed by atoms with Gasteiger partial charge in [-0.3, -0.25) is 0 Å². The van der Waals surface area contributed by atoms with E-state index >= 15 is 0 Å². The van der Waals surface area contributed by atoms with E-state index in [0.717, 1.165) is 0 Å². The quantitative estimate of drug-likeness (QED) is 0.553. The predicted molar refractivity (Wildman–Crippen MR) is 74.2 cm³/mol. The highest BCUT2D eigenvalue weighted by Gasteiger charge is 2.66. The monoisotopic (exact) mass is 242 g/mol. The predicted octanol–water partition coefficient (Wildman–Crippen LogP) is 4.83. The first-order valence-corrected chi connectivity index (χ1v) is 9.32. The molecule has 0 N–H and O–H groups in total. The van der Waals surface area contributed by atoms with E-state index in [1.165, 1.54) is 0 Å². The van der Waals surface area contributed by atoms with Gasteiger partial charge in [-0.15, -0.1) is 0 Å². The second kappa shape index (κ2) is 3.14. The molecule has 0 unspecified atom stereocenters. The van der Waals surface area contributed by atoms with Crippen LogP contribution in [-0.4, -0.2) is 13.9 Å². The van der Waals surface area contributed by atoms with E-state index < -0.39 is 8.32 Å². The molecule has 0 radical (unpaired) electrons. The Kier molecular flexibility index (Phi) is 2.79. The fraction of sp³-hybridized carbons (Fsp3) is 1.00. The Morgan fingerprint density at radius 3 is 1.44 bits per heavy atom. The van der Waals surface area contributed by atoms with Crippen LogP contribution in [-0.2, 0) is 4.43 Å². The Bertz CT molecular complexity index is 270. The molecule has 0 amide bonds. The topological polar surface area (TPSA) is 9.23 Å². The lowest BCUT2D eigenvalue weighted by atomic mass is 9.55. The molecule has 0 aromatic carbocycles. The molecule has 0 aliphatic carbocycles. The molecule has 1 aliphatic rings. The van der Waals surface area contributed by atoms with Crippen molar-refractivity contribution in [2.45, 2.75) is 79.1 Å². The molecule has 1 rings (SSSR count). The molecule has 1 aliphatic heterocycles. The third-order valence-electron chi connectivity index (χ3n) is 6.65. The minimum Gasteiger partial charge on any atom is -0.411 e. The summed E-state index contributed by atoms with van der Waals surface area (Å²) in [6.45, 7) is 23.6. The minimum atomic E-state index is -1.68. The van der Waals surface area contributed by atoms with Crippen LogP contribution < -0.4 is 0 Å². The van der Waals surface area contributed by atoms with Gasteiger partial charge in [0.1, 0.15) is 0 Å². The summed E-state index contributed by atoms with van der Waals surface area (Å²) in [5.74, 6) is 0. The van der Waals surface area contributed by atoms with Crippen molar-refractivity contribution in [3.05, 3.63) is 0 Å². The molecule has 0 saturated carbocycles. The van der Waals surface area contributed by atoms with E-state index in [9.17, 15) is 0 Å². The van der Waals surface area contributed by atoms with Gasteiger partial charge in [-0.05, 0) is 42.8 Å². The average Bonchev–Trinajstić information content (AvgIpc) is 1.98. The highest BCUT2D eigenvalue weighted by molar-refractivity contribution is 6.74. The molecule has 1 nitrogen and oxygen atoms in total. The van der Waals surface area contributed by atoms with Crippen molar-refractivity contribution in [3.63, 3.8) is 0 Å². The minimum absolute atomic E-state index is 0.0399. The van der Waals surface area contributed by atoms with Gasteiger partial charge in [0.2, 0.25) is 0 Å². The van der Waals surface area contributed by atoms with Crippen LogP contribution in [0.3, 0.4) is 0 Å². The largest absolute Gasteiger partial charge is 0.411 e. The van der Waals surface area contributed by atoms with Crippen LogP contribution in [0.5, 0.6) is 0 Å². The van der Waals surface area contributed by atoms with Crippen molar-refractivity contribution in [2.75, 3.05) is 0 Å². The van der Waals surface area contributed by atoms with Crippen LogP contribution >= 0.6 is 0 Å². The van der Waals surface area contributed by atoms with Crippen molar-refractivity contribution < 1.29 is 4.43 Å². The maximum Gasteiger partial charge on any atom is 0.193 e. The van der Waals surface area contributed by atoms with Gasteiger partial charge in [0.05, 0.1) is 5.60 Å². The molecular weight excluding hydrogens is 212 g/mol. The molecule has 1 fully saturated rings. The summed E-state index contributed by atoms with van der Waals surface area (Å²) in [6.07, 6.45) is 0. The summed E-state index contributed by atoms with van der Waals surface area (Å²) >= 11 is 0. The molecule has 0 atom stereocenters. The fourth-order valence-corrected chi connectivity index (χ4v) is 6.78. The lowest BCUT2D eigenvalue weighted by molar-refractivity contribution is -0.140. The molecule has 0 aromatic heterocycles. The molecule has 16 heavy (non-hydrogen) atoms. The van der Waals surface area contributed by atoms with Gasteiger partial charge in [0.15, 0.2) is 8.32 Å². The van der Waals surface area contributed by atoms with Crippen molar-refractivity contribution in [1.29, 1.82) is 0 Å². The molecule has 1 saturated heterocycles. The second-order valence-corrected chi connectivity index (χ2v) is 12.5. The summed E-state index contributed by atoms with van der Waals surface area (Å²) in [6, 6.07) is 0. The van der Waals surface area contributed by atoms with Crippen molar-refractivity contribution >= 4 is 8.32 Å². The van der Waals surface area contributed by atoms with Gasteiger partial charge in [0.25, 0.3) is 0 Å². The number of hydrogen-bond donors (Lipinski definition) is 0. The van der Waals surface area contributed by atoms with Crippen LogP contribution in [0.1, 0.15) is 55.4 Å². The molecule has 1 heterocycles. The molecule has 2 heteroatoms. The fourth-order valence-electron chi connectivity index (χ4n) is 3.18. The van der Waals surface area contributed by atoms with Gasteiger partial charge in [-0.25, -0.2) is 0 Å². The van der Waals surface area contributed by atoms with Gasteiger partial charge >= 0.3 is 0 Å². The maximum absolute atomic E-state index is 6.57. The number of hydrogen-bond acceptors (Lipinski definition) is 1. The van der Waals surface area contributed by atoms with Gasteiger partial charge < -0.3 is 4.43 Å². The lowest BCUT2D eigenvalue weighted by Gasteiger charge is -2.68. The van der Waals surface area contributed by atoms with Crippen molar-refractivity contribution in [1.82, 2.24) is 0 Å². The molecule has 0 aromatic rings. The first kappa shape index (κ1) is 14.2. The molecule has 96 valence electrons. The van der Waals surface area contributed by atoms with Gasteiger partial charge in [0, 0.05) is 0 Å². The number of rotatable bonds is 0. The van der Waals surface area contributed by atoms with Crippen LogP contribution in [0.4, 0.5) is 0 Å². The van der Waals surface area contributed by atoms with E-state index in [0.29, 0.717) is 0 Å². The van der Waals surface area contributed by atoms with E-state index in [1.54, 1.807) is 0 Å². The highest BCUT2D eigenvalue weighted by Crippen LogP contribution is 2.68. The Morgan fingerprint density at radius 1 is 0.688 bits per heavy atom. The molecule has 0 spiro atoms. The smallest absolute Gasteiger partial charge is 0.193 e. The lowest BCUT2D eigenvalue weighted by Crippen LogP contribution is -2.69. The third-order valence-corrected chi connectivity index (χ3v) is 11.3. The maximum atomic E-state index is 6.57. The second-order valence-electron chi connectivity index (χ2n) is 8.00. The van der Waals surface area contributed by atoms with E-state index in [1.807, 2.05) is 0 Å². The Morgan fingerprint density at radius 2 is 1.06 bits per heavy atom. The summed E-state index contributed by atoms with van der Waals surface area (Å²) < 4.78 is 6.57. The van der Waals surface area contributed by atoms with Gasteiger partial charge in [-0.2, -0.15) is 0 Å². The van der Waals surface area contributed by atoms with Gasteiger partial charge in [-0.1, -0.05) is 41.5 Å². The zero-order valence-electron chi connectivity index (χ0n) is 12.9. The van der Waals surface area contributed by atoms with Crippen LogP contribution in [0.25, 0.3) is 0 Å². The van der Waals surface area contributed by atoms with Crippen LogP contribution in [0, 0.1) is 10.8 Å². The molecular formula is C14H30OSi. The third kappa shape index (κ3) is 1.38. The van der Waals surface area contributed by atoms with E-state index in [2.05, 4.69) is 68.5 Å². The van der Waals surface area contributed by atoms with Crippen molar-refractivity contribution in [2.24, 2.45) is 10.8 Å². The van der Waals surface area contributed by atoms with Crippen LogP contribution in [0.2, 0.25) is 18.1 Å². The normalized spacial score (nSPS) is 33.4. The zero-order valence-corrected chi connectivity index (χ0v) is 13.9.